The molecule has 0 aliphatic carbocycles. The highest BCUT2D eigenvalue weighted by Gasteiger charge is 2.34. The number of amides is 2. The Balaban J connectivity index is 2.14. The quantitative estimate of drug-likeness (QED) is 0.825. The van der Waals surface area contributed by atoms with E-state index < -0.39 is 29.2 Å². The lowest BCUT2D eigenvalue weighted by Crippen LogP contribution is -2.30. The molecule has 0 radical (unpaired) electrons. The number of para-hydroxylation sites is 3. The molecule has 132 valence electrons. The largest absolute Gasteiger partial charge is 0.492 e. The van der Waals surface area contributed by atoms with E-state index in [1.165, 1.54) is 18.2 Å². The first-order valence-electron chi connectivity index (χ1n) is 7.33. The molecule has 2 amide bonds. The second kappa shape index (κ2) is 7.69. The van der Waals surface area contributed by atoms with E-state index >= 15 is 0 Å². The molecule has 2 N–H and O–H groups in total. The van der Waals surface area contributed by atoms with E-state index in [1.807, 2.05) is 5.32 Å². The second-order valence-corrected chi connectivity index (χ2v) is 4.88. The lowest BCUT2D eigenvalue weighted by atomic mass is 10.1. The van der Waals surface area contributed by atoms with Crippen LogP contribution in [0.3, 0.4) is 0 Å². The Morgan fingerprint density at radius 2 is 1.44 bits per heavy atom. The highest BCUT2D eigenvalue weighted by atomic mass is 19.4. The maximum Gasteiger partial charge on any atom is 0.418 e. The van der Waals surface area contributed by atoms with Crippen molar-refractivity contribution >= 4 is 23.2 Å². The maximum atomic E-state index is 12.9. The molecule has 0 heterocycles. The van der Waals surface area contributed by atoms with Crippen molar-refractivity contribution in [2.75, 3.05) is 17.2 Å². The summed E-state index contributed by atoms with van der Waals surface area (Å²) in [7, 11) is 0. The Morgan fingerprint density at radius 3 is 2.04 bits per heavy atom. The van der Waals surface area contributed by atoms with Gasteiger partial charge in [-0.3, -0.25) is 9.59 Å². The van der Waals surface area contributed by atoms with Gasteiger partial charge in [0, 0.05) is 0 Å². The molecule has 0 bridgehead atoms. The number of nitrogens with one attached hydrogen (secondary N) is 2. The molecule has 0 saturated heterocycles. The van der Waals surface area contributed by atoms with Crippen molar-refractivity contribution < 1.29 is 27.5 Å². The zero-order valence-electron chi connectivity index (χ0n) is 13.2. The summed E-state index contributed by atoms with van der Waals surface area (Å²) in [5, 5.41) is 4.29. The van der Waals surface area contributed by atoms with Crippen LogP contribution in [0.1, 0.15) is 12.5 Å². The fourth-order valence-corrected chi connectivity index (χ4v) is 2.05. The molecule has 8 heteroatoms. The Morgan fingerprint density at radius 1 is 0.920 bits per heavy atom. The molecule has 25 heavy (non-hydrogen) atoms. The number of hydrogen-bond donors (Lipinski definition) is 2. The number of hydrogen-bond acceptors (Lipinski definition) is 3. The number of halogens is 3. The van der Waals surface area contributed by atoms with Crippen molar-refractivity contribution in [1.29, 1.82) is 0 Å². The Labute approximate surface area is 141 Å². The first-order chi connectivity index (χ1) is 11.8. The normalized spacial score (nSPS) is 10.9. The van der Waals surface area contributed by atoms with Gasteiger partial charge >= 0.3 is 18.0 Å². The molecule has 0 fully saturated rings. The van der Waals surface area contributed by atoms with Gasteiger partial charge in [0.1, 0.15) is 5.75 Å². The zero-order chi connectivity index (χ0) is 18.4. The van der Waals surface area contributed by atoms with Gasteiger partial charge in [-0.1, -0.05) is 24.3 Å². The minimum Gasteiger partial charge on any atom is -0.492 e. The monoisotopic (exact) mass is 352 g/mol. The molecule has 2 aromatic carbocycles. The van der Waals surface area contributed by atoms with Gasteiger partial charge in [-0.15, -0.1) is 0 Å². The summed E-state index contributed by atoms with van der Waals surface area (Å²) in [6.07, 6.45) is -4.65. The number of alkyl halides is 3. The van der Waals surface area contributed by atoms with Crippen LogP contribution in [0.2, 0.25) is 0 Å². The smallest absolute Gasteiger partial charge is 0.418 e. The summed E-state index contributed by atoms with van der Waals surface area (Å²) in [5.41, 5.74) is -1.28. The van der Waals surface area contributed by atoms with Gasteiger partial charge < -0.3 is 15.4 Å². The van der Waals surface area contributed by atoms with Gasteiger partial charge in [-0.2, -0.15) is 13.2 Å². The standard InChI is InChI=1S/C17H15F3N2O3/c1-2-25-14-10-6-5-9-13(14)22-16(24)15(23)21-12-8-4-3-7-11(12)17(18,19)20/h3-10H,2H2,1H3,(H,21,23)(H,22,24). The topological polar surface area (TPSA) is 67.4 Å². The molecule has 2 rings (SSSR count). The average Bonchev–Trinajstić information content (AvgIpc) is 2.56. The van der Waals surface area contributed by atoms with Crippen molar-refractivity contribution in [3.05, 3.63) is 54.1 Å². The van der Waals surface area contributed by atoms with Gasteiger partial charge in [-0.05, 0) is 31.2 Å². The average molecular weight is 352 g/mol. The number of rotatable bonds is 4. The molecule has 0 saturated carbocycles. The Bertz CT molecular complexity index is 776. The zero-order valence-corrected chi connectivity index (χ0v) is 13.2. The predicted octanol–water partition coefficient (Wildman–Crippen LogP) is 3.68. The molecule has 0 spiro atoms. The number of carbonyl (C=O) groups is 2. The summed E-state index contributed by atoms with van der Waals surface area (Å²) >= 11 is 0. The van der Waals surface area contributed by atoms with Gasteiger partial charge in [0.25, 0.3) is 0 Å². The number of anilines is 2. The minimum atomic E-state index is -4.65. The summed E-state index contributed by atoms with van der Waals surface area (Å²) in [6, 6.07) is 10.8. The first kappa shape index (κ1) is 18.3. The van der Waals surface area contributed by atoms with E-state index in [4.69, 9.17) is 4.74 Å². The van der Waals surface area contributed by atoms with Gasteiger partial charge in [-0.25, -0.2) is 0 Å². The predicted molar refractivity (Wildman–Crippen MR) is 86.3 cm³/mol. The highest BCUT2D eigenvalue weighted by Crippen LogP contribution is 2.34. The van der Waals surface area contributed by atoms with Crippen molar-refractivity contribution in [2.24, 2.45) is 0 Å². The second-order valence-electron chi connectivity index (χ2n) is 4.88. The summed E-state index contributed by atoms with van der Waals surface area (Å²) < 4.78 is 44.1. The van der Waals surface area contributed by atoms with E-state index in [-0.39, 0.29) is 5.69 Å². The van der Waals surface area contributed by atoms with Gasteiger partial charge in [0.05, 0.1) is 23.5 Å². The third kappa shape index (κ3) is 4.72. The van der Waals surface area contributed by atoms with Crippen molar-refractivity contribution in [3.63, 3.8) is 0 Å². The van der Waals surface area contributed by atoms with E-state index in [9.17, 15) is 22.8 Å². The summed E-state index contributed by atoms with van der Waals surface area (Å²) in [4.78, 5) is 23.9. The van der Waals surface area contributed by atoms with E-state index in [0.29, 0.717) is 12.4 Å². The number of benzene rings is 2. The molecular weight excluding hydrogens is 337 g/mol. The van der Waals surface area contributed by atoms with Crippen LogP contribution < -0.4 is 15.4 Å². The Hall–Kier alpha value is -3.03. The minimum absolute atomic E-state index is 0.244. The van der Waals surface area contributed by atoms with E-state index in [0.717, 1.165) is 12.1 Å². The van der Waals surface area contributed by atoms with Crippen LogP contribution >= 0.6 is 0 Å². The van der Waals surface area contributed by atoms with Crippen LogP contribution in [0.4, 0.5) is 24.5 Å². The van der Waals surface area contributed by atoms with Crippen LogP contribution in [0.5, 0.6) is 5.75 Å². The molecular formula is C17H15F3N2O3. The van der Waals surface area contributed by atoms with E-state index in [1.54, 1.807) is 25.1 Å². The molecule has 5 nitrogen and oxygen atoms in total. The van der Waals surface area contributed by atoms with Crippen molar-refractivity contribution in [1.82, 2.24) is 0 Å². The van der Waals surface area contributed by atoms with Crippen LogP contribution in [0, 0.1) is 0 Å². The molecule has 0 aromatic heterocycles. The Kier molecular flexibility index (Phi) is 5.63. The van der Waals surface area contributed by atoms with Crippen LogP contribution in [0.15, 0.2) is 48.5 Å². The molecule has 0 atom stereocenters. The van der Waals surface area contributed by atoms with Gasteiger partial charge in [0.2, 0.25) is 0 Å². The van der Waals surface area contributed by atoms with Crippen molar-refractivity contribution in [2.45, 2.75) is 13.1 Å². The highest BCUT2D eigenvalue weighted by molar-refractivity contribution is 6.43. The maximum absolute atomic E-state index is 12.9. The lowest BCUT2D eigenvalue weighted by Gasteiger charge is -2.14. The fraction of sp³-hybridized carbons (Fsp3) is 0.176. The van der Waals surface area contributed by atoms with Crippen LogP contribution in [-0.2, 0) is 15.8 Å². The lowest BCUT2D eigenvalue weighted by molar-refractivity contribution is -0.137. The van der Waals surface area contributed by atoms with Crippen LogP contribution in [0.25, 0.3) is 0 Å². The summed E-state index contributed by atoms with van der Waals surface area (Å²) in [6.45, 7) is 2.09. The SMILES string of the molecule is CCOc1ccccc1NC(=O)C(=O)Nc1ccccc1C(F)(F)F. The molecule has 0 aliphatic heterocycles. The molecule has 0 aliphatic rings. The van der Waals surface area contributed by atoms with Gasteiger partial charge in [0.15, 0.2) is 0 Å². The third-order valence-electron chi connectivity index (χ3n) is 3.12. The first-order valence-corrected chi connectivity index (χ1v) is 7.33. The van der Waals surface area contributed by atoms with Crippen molar-refractivity contribution in [3.8, 4) is 5.75 Å². The third-order valence-corrected chi connectivity index (χ3v) is 3.12. The number of ether oxygens (including phenoxy) is 1. The molecule has 0 unspecified atom stereocenters. The number of carbonyl (C=O) groups excluding carboxylic acids is 2. The van der Waals surface area contributed by atoms with Crippen LogP contribution in [-0.4, -0.2) is 18.4 Å². The fourth-order valence-electron chi connectivity index (χ4n) is 2.05. The van der Waals surface area contributed by atoms with E-state index in [2.05, 4.69) is 5.32 Å². The summed E-state index contributed by atoms with van der Waals surface area (Å²) in [5.74, 6) is -1.98. The molecule has 2 aromatic rings.